The number of carbonyl (C=O) groups excluding carboxylic acids is 2. The maximum Gasteiger partial charge on any atom is 0.408 e. The number of alkyl carbamates (subject to hydrolysis) is 1. The molecule has 7 nitrogen and oxygen atoms in total. The molecule has 4 aliphatic rings. The van der Waals surface area contributed by atoms with Gasteiger partial charge < -0.3 is 24.3 Å². The van der Waals surface area contributed by atoms with Crippen molar-refractivity contribution in [2.24, 2.45) is 5.41 Å². The van der Waals surface area contributed by atoms with E-state index in [4.69, 9.17) is 18.9 Å². The average molecular weight is 466 g/mol. The van der Waals surface area contributed by atoms with Gasteiger partial charge in [0, 0.05) is 17.8 Å². The lowest BCUT2D eigenvalue weighted by molar-refractivity contribution is -0.469. The van der Waals surface area contributed by atoms with Crippen LogP contribution in [0.3, 0.4) is 0 Å². The molecular weight excluding hydrogens is 434 g/mol. The predicted octanol–water partition coefficient (Wildman–Crippen LogP) is 4.39. The first-order valence-corrected chi connectivity index (χ1v) is 12.0. The van der Waals surface area contributed by atoms with Gasteiger partial charge in [0.1, 0.15) is 6.61 Å². The Kier molecular flexibility index (Phi) is 6.18. The van der Waals surface area contributed by atoms with Gasteiger partial charge in [-0.05, 0) is 28.7 Å². The van der Waals surface area contributed by atoms with Crippen molar-refractivity contribution in [1.82, 2.24) is 5.32 Å². The summed E-state index contributed by atoms with van der Waals surface area (Å²) in [5, 5.41) is 2.71. The number of rotatable bonds is 8. The van der Waals surface area contributed by atoms with Gasteiger partial charge in [-0.2, -0.15) is 0 Å². The fourth-order valence-electron chi connectivity index (χ4n) is 4.94. The summed E-state index contributed by atoms with van der Waals surface area (Å²) in [7, 11) is 0. The van der Waals surface area contributed by atoms with Gasteiger partial charge >= 0.3 is 12.1 Å². The number of ketones is 1. The number of ether oxygens (including phenoxy) is 4. The normalized spacial score (nSPS) is 25.9. The standard InChI is InChI=1S/C27H31NO6/c1-3-4-13-23(29)24(27-32-15-26(2,16-33-27)17-34-27)28-25(30)31-14-22-20-11-7-5-9-18(20)19-10-6-8-12-21(19)22/h5-12,22,24H,3-4,13-17H2,1-2H3,(H,28,30)/t24-,26?,27?/m0/s1. The number of benzene rings is 2. The summed E-state index contributed by atoms with van der Waals surface area (Å²) in [6.07, 6.45) is 1.16. The van der Waals surface area contributed by atoms with Gasteiger partial charge in [0.25, 0.3) is 0 Å². The monoisotopic (exact) mass is 465 g/mol. The maximum atomic E-state index is 13.1. The van der Waals surface area contributed by atoms with Crippen molar-refractivity contribution < 1.29 is 28.5 Å². The molecule has 1 N–H and O–H groups in total. The van der Waals surface area contributed by atoms with Crippen LogP contribution in [0, 0.1) is 5.41 Å². The first kappa shape index (κ1) is 23.0. The second-order valence-corrected chi connectivity index (χ2v) is 9.75. The van der Waals surface area contributed by atoms with Crippen LogP contribution in [0.25, 0.3) is 11.1 Å². The smallest absolute Gasteiger partial charge is 0.408 e. The molecule has 0 radical (unpaired) electrons. The number of hydrogen-bond donors (Lipinski definition) is 1. The largest absolute Gasteiger partial charge is 0.449 e. The zero-order valence-electron chi connectivity index (χ0n) is 19.7. The molecule has 3 heterocycles. The van der Waals surface area contributed by atoms with Gasteiger partial charge in [-0.25, -0.2) is 4.79 Å². The van der Waals surface area contributed by atoms with Gasteiger partial charge in [0.05, 0.1) is 19.8 Å². The molecule has 2 aromatic rings. The minimum absolute atomic E-state index is 0.0700. The maximum absolute atomic E-state index is 13.1. The molecule has 1 amide bonds. The summed E-state index contributed by atoms with van der Waals surface area (Å²) >= 11 is 0. The number of hydrogen-bond acceptors (Lipinski definition) is 6. The van der Waals surface area contributed by atoms with Crippen LogP contribution in [0.1, 0.15) is 50.2 Å². The summed E-state index contributed by atoms with van der Waals surface area (Å²) in [5.41, 5.74) is 4.31. The van der Waals surface area contributed by atoms with Gasteiger partial charge in [0.15, 0.2) is 11.8 Å². The molecule has 3 aliphatic heterocycles. The Balaban J connectivity index is 1.30. The molecule has 0 aromatic heterocycles. The number of unbranched alkanes of at least 4 members (excludes halogenated alkanes) is 1. The van der Waals surface area contributed by atoms with E-state index in [1.165, 1.54) is 0 Å². The third kappa shape index (κ3) is 4.13. The molecule has 1 atom stereocenters. The van der Waals surface area contributed by atoms with Gasteiger partial charge in [0.2, 0.25) is 0 Å². The van der Waals surface area contributed by atoms with Crippen LogP contribution >= 0.6 is 0 Å². The van der Waals surface area contributed by atoms with Crippen molar-refractivity contribution >= 4 is 11.9 Å². The van der Waals surface area contributed by atoms with Crippen LogP contribution in [0.4, 0.5) is 4.79 Å². The molecule has 1 aliphatic carbocycles. The summed E-state index contributed by atoms with van der Waals surface area (Å²) in [6.45, 7) is 5.37. The van der Waals surface area contributed by atoms with Crippen molar-refractivity contribution in [3.63, 3.8) is 0 Å². The predicted molar refractivity (Wildman–Crippen MR) is 125 cm³/mol. The highest BCUT2D eigenvalue weighted by atomic mass is 16.9. The Morgan fingerprint density at radius 2 is 1.56 bits per heavy atom. The molecule has 2 bridgehead atoms. The molecule has 2 aromatic carbocycles. The van der Waals surface area contributed by atoms with Crippen molar-refractivity contribution in [2.45, 2.75) is 51.0 Å². The first-order chi connectivity index (χ1) is 16.4. The Hall–Kier alpha value is -2.74. The second kappa shape index (κ2) is 9.13. The Labute approximate surface area is 199 Å². The third-order valence-corrected chi connectivity index (χ3v) is 6.92. The van der Waals surface area contributed by atoms with E-state index in [0.29, 0.717) is 32.7 Å². The average Bonchev–Trinajstić information content (AvgIpc) is 3.19. The summed E-state index contributed by atoms with van der Waals surface area (Å²) in [4.78, 5) is 26.0. The fourth-order valence-corrected chi connectivity index (χ4v) is 4.94. The van der Waals surface area contributed by atoms with Crippen LogP contribution in [0.15, 0.2) is 48.5 Å². The van der Waals surface area contributed by atoms with E-state index in [2.05, 4.69) is 29.6 Å². The Bertz CT molecular complexity index is 1010. The Morgan fingerprint density at radius 1 is 1.00 bits per heavy atom. The lowest BCUT2D eigenvalue weighted by atomic mass is 9.90. The van der Waals surface area contributed by atoms with E-state index < -0.39 is 18.1 Å². The molecule has 0 spiro atoms. The van der Waals surface area contributed by atoms with E-state index in [-0.39, 0.29) is 23.7 Å². The zero-order chi connectivity index (χ0) is 23.8. The molecular formula is C27H31NO6. The second-order valence-electron chi connectivity index (χ2n) is 9.75. The van der Waals surface area contributed by atoms with E-state index in [1.807, 2.05) is 38.1 Å². The van der Waals surface area contributed by atoms with E-state index >= 15 is 0 Å². The highest BCUT2D eigenvalue weighted by Crippen LogP contribution is 2.44. The molecule has 3 fully saturated rings. The number of amides is 1. The Morgan fingerprint density at radius 3 is 2.12 bits per heavy atom. The molecule has 180 valence electrons. The topological polar surface area (TPSA) is 83.1 Å². The van der Waals surface area contributed by atoms with Gasteiger partial charge in [-0.3, -0.25) is 4.79 Å². The minimum atomic E-state index is -1.60. The highest BCUT2D eigenvalue weighted by molar-refractivity contribution is 5.88. The third-order valence-electron chi connectivity index (χ3n) is 6.92. The van der Waals surface area contributed by atoms with Crippen molar-refractivity contribution in [2.75, 3.05) is 26.4 Å². The van der Waals surface area contributed by atoms with Crippen LogP contribution in [0.5, 0.6) is 0 Å². The van der Waals surface area contributed by atoms with E-state index in [0.717, 1.165) is 28.7 Å². The quantitative estimate of drug-likeness (QED) is 0.623. The molecule has 0 saturated carbocycles. The first-order valence-electron chi connectivity index (χ1n) is 12.0. The minimum Gasteiger partial charge on any atom is -0.449 e. The van der Waals surface area contributed by atoms with Crippen molar-refractivity contribution in [3.8, 4) is 11.1 Å². The van der Waals surface area contributed by atoms with Crippen LogP contribution in [0.2, 0.25) is 0 Å². The van der Waals surface area contributed by atoms with E-state index in [1.54, 1.807) is 0 Å². The van der Waals surface area contributed by atoms with Crippen LogP contribution in [-0.2, 0) is 23.7 Å². The summed E-state index contributed by atoms with van der Waals surface area (Å²) in [6, 6.07) is 15.2. The molecule has 34 heavy (non-hydrogen) atoms. The van der Waals surface area contributed by atoms with Gasteiger partial charge in [-0.15, -0.1) is 0 Å². The highest BCUT2D eigenvalue weighted by Gasteiger charge is 2.57. The molecule has 3 saturated heterocycles. The SMILES string of the molecule is CCCCC(=O)[C@H](NC(=O)OCC1c2ccccc2-c2ccccc21)C12OCC(C)(CO1)CO2. The number of nitrogens with one attached hydrogen (secondary N) is 1. The lowest BCUT2D eigenvalue weighted by Gasteiger charge is -2.52. The van der Waals surface area contributed by atoms with Crippen molar-refractivity contribution in [3.05, 3.63) is 59.7 Å². The lowest BCUT2D eigenvalue weighted by Crippen LogP contribution is -2.69. The molecule has 6 rings (SSSR count). The summed E-state index contributed by atoms with van der Waals surface area (Å²) in [5.74, 6) is -1.87. The van der Waals surface area contributed by atoms with Crippen molar-refractivity contribution in [1.29, 1.82) is 0 Å². The fraction of sp³-hybridized carbons (Fsp3) is 0.481. The number of Topliss-reactive ketones (excluding diaryl/α,β-unsaturated/α-hetero) is 1. The molecule has 0 unspecified atom stereocenters. The number of fused-ring (bicyclic) bond motifs is 6. The summed E-state index contributed by atoms with van der Waals surface area (Å²) < 4.78 is 23.3. The zero-order valence-corrected chi connectivity index (χ0v) is 19.7. The van der Waals surface area contributed by atoms with E-state index in [9.17, 15) is 9.59 Å². The number of carbonyl (C=O) groups is 2. The molecule has 7 heteroatoms. The van der Waals surface area contributed by atoms with Crippen LogP contribution in [-0.4, -0.2) is 50.3 Å². The van der Waals surface area contributed by atoms with Crippen LogP contribution < -0.4 is 5.32 Å². The van der Waals surface area contributed by atoms with Gasteiger partial charge in [-0.1, -0.05) is 68.8 Å².